The molecule has 1 heterocycles. The molecule has 0 atom stereocenters. The van der Waals surface area contributed by atoms with E-state index in [1.165, 1.54) is 0 Å². The van der Waals surface area contributed by atoms with Gasteiger partial charge in [0, 0.05) is 12.1 Å². The summed E-state index contributed by atoms with van der Waals surface area (Å²) in [4.78, 5) is 11.2. The maximum absolute atomic E-state index is 11.2. The number of rotatable bonds is 4. The SMILES string of the molecule is CC(C)CCn1nc2c(c1C(=O)O)CCC2. The topological polar surface area (TPSA) is 55.1 Å². The van der Waals surface area contributed by atoms with Gasteiger partial charge < -0.3 is 5.11 Å². The Hall–Kier alpha value is -1.32. The normalized spacial score (nSPS) is 14.4. The van der Waals surface area contributed by atoms with Crippen LogP contribution in [0.25, 0.3) is 0 Å². The zero-order valence-electron chi connectivity index (χ0n) is 9.86. The maximum atomic E-state index is 11.2. The van der Waals surface area contributed by atoms with Crippen molar-refractivity contribution in [1.82, 2.24) is 9.78 Å². The molecule has 1 N–H and O–H groups in total. The first kappa shape index (κ1) is 11.2. The van der Waals surface area contributed by atoms with Crippen LogP contribution in [0.2, 0.25) is 0 Å². The summed E-state index contributed by atoms with van der Waals surface area (Å²) < 4.78 is 1.69. The highest BCUT2D eigenvalue weighted by Crippen LogP contribution is 2.25. The third kappa shape index (κ3) is 1.96. The van der Waals surface area contributed by atoms with Gasteiger partial charge in [-0.15, -0.1) is 0 Å². The molecule has 1 aromatic heterocycles. The van der Waals surface area contributed by atoms with Gasteiger partial charge in [-0.05, 0) is 31.6 Å². The van der Waals surface area contributed by atoms with Gasteiger partial charge >= 0.3 is 5.97 Å². The van der Waals surface area contributed by atoms with E-state index in [-0.39, 0.29) is 0 Å². The second-order valence-electron chi connectivity index (χ2n) is 4.84. The molecule has 2 rings (SSSR count). The van der Waals surface area contributed by atoms with Crippen molar-refractivity contribution in [2.24, 2.45) is 5.92 Å². The Morgan fingerprint density at radius 3 is 2.88 bits per heavy atom. The van der Waals surface area contributed by atoms with Crippen LogP contribution in [0.5, 0.6) is 0 Å². The molecule has 0 saturated heterocycles. The minimum atomic E-state index is -0.834. The minimum absolute atomic E-state index is 0.424. The highest BCUT2D eigenvalue weighted by molar-refractivity contribution is 5.88. The second-order valence-corrected chi connectivity index (χ2v) is 4.84. The number of fused-ring (bicyclic) bond motifs is 1. The summed E-state index contributed by atoms with van der Waals surface area (Å²) in [6.45, 7) is 4.99. The third-order valence-corrected chi connectivity index (χ3v) is 3.09. The third-order valence-electron chi connectivity index (χ3n) is 3.09. The van der Waals surface area contributed by atoms with Gasteiger partial charge in [0.1, 0.15) is 5.69 Å². The van der Waals surface area contributed by atoms with Crippen LogP contribution in [0.1, 0.15) is 48.4 Å². The van der Waals surface area contributed by atoms with E-state index in [4.69, 9.17) is 0 Å². The molecule has 0 unspecified atom stereocenters. The fourth-order valence-electron chi connectivity index (χ4n) is 2.23. The van der Waals surface area contributed by atoms with E-state index < -0.39 is 5.97 Å². The Labute approximate surface area is 95.3 Å². The average molecular weight is 222 g/mol. The van der Waals surface area contributed by atoms with Crippen molar-refractivity contribution in [3.8, 4) is 0 Å². The van der Waals surface area contributed by atoms with Crippen molar-refractivity contribution in [3.63, 3.8) is 0 Å². The van der Waals surface area contributed by atoms with Gasteiger partial charge in [0.15, 0.2) is 0 Å². The van der Waals surface area contributed by atoms with Gasteiger partial charge in [-0.25, -0.2) is 4.79 Å². The number of carboxylic acid groups (broad SMARTS) is 1. The summed E-state index contributed by atoms with van der Waals surface area (Å²) in [6, 6.07) is 0. The number of aromatic nitrogens is 2. The smallest absolute Gasteiger partial charge is 0.354 e. The molecule has 0 aliphatic heterocycles. The monoisotopic (exact) mass is 222 g/mol. The van der Waals surface area contributed by atoms with Crippen LogP contribution in [0, 0.1) is 5.92 Å². The number of carboxylic acids is 1. The minimum Gasteiger partial charge on any atom is -0.477 e. The molecule has 0 amide bonds. The van der Waals surface area contributed by atoms with Gasteiger partial charge in [-0.1, -0.05) is 13.8 Å². The predicted octanol–water partition coefficient (Wildman–Crippen LogP) is 2.12. The van der Waals surface area contributed by atoms with Crippen LogP contribution < -0.4 is 0 Å². The Bertz CT molecular complexity index is 407. The van der Waals surface area contributed by atoms with Crippen LogP contribution in [-0.4, -0.2) is 20.9 Å². The van der Waals surface area contributed by atoms with E-state index in [2.05, 4.69) is 18.9 Å². The van der Waals surface area contributed by atoms with Crippen molar-refractivity contribution in [1.29, 1.82) is 0 Å². The Balaban J connectivity index is 2.27. The summed E-state index contributed by atoms with van der Waals surface area (Å²) >= 11 is 0. The van der Waals surface area contributed by atoms with Gasteiger partial charge in [0.05, 0.1) is 5.69 Å². The van der Waals surface area contributed by atoms with Crippen LogP contribution >= 0.6 is 0 Å². The molecule has 0 bridgehead atoms. The number of hydrogen-bond acceptors (Lipinski definition) is 2. The molecule has 1 aliphatic rings. The van der Waals surface area contributed by atoms with Crippen LogP contribution in [0.4, 0.5) is 0 Å². The predicted molar refractivity (Wildman–Crippen MR) is 60.7 cm³/mol. The molecule has 0 radical (unpaired) electrons. The Morgan fingerprint density at radius 1 is 1.50 bits per heavy atom. The molecule has 88 valence electrons. The van der Waals surface area contributed by atoms with Gasteiger partial charge in [0.25, 0.3) is 0 Å². The molecule has 0 aromatic carbocycles. The maximum Gasteiger partial charge on any atom is 0.354 e. The highest BCUT2D eigenvalue weighted by atomic mass is 16.4. The Kier molecular flexibility index (Phi) is 2.99. The van der Waals surface area contributed by atoms with E-state index in [1.807, 2.05) is 0 Å². The molecular weight excluding hydrogens is 204 g/mol. The zero-order valence-corrected chi connectivity index (χ0v) is 9.86. The first-order valence-electron chi connectivity index (χ1n) is 5.91. The Morgan fingerprint density at radius 2 is 2.25 bits per heavy atom. The fourth-order valence-corrected chi connectivity index (χ4v) is 2.23. The summed E-state index contributed by atoms with van der Waals surface area (Å²) in [6.07, 6.45) is 3.83. The number of carbonyl (C=O) groups is 1. The summed E-state index contributed by atoms with van der Waals surface area (Å²) in [5.41, 5.74) is 2.39. The van der Waals surface area contributed by atoms with Crippen molar-refractivity contribution < 1.29 is 9.90 Å². The lowest BCUT2D eigenvalue weighted by atomic mass is 10.1. The van der Waals surface area contributed by atoms with Gasteiger partial charge in [-0.2, -0.15) is 5.10 Å². The summed E-state index contributed by atoms with van der Waals surface area (Å²) in [5, 5.41) is 13.6. The van der Waals surface area contributed by atoms with E-state index in [1.54, 1.807) is 4.68 Å². The summed E-state index contributed by atoms with van der Waals surface area (Å²) in [5.74, 6) is -0.264. The zero-order chi connectivity index (χ0) is 11.7. The molecule has 0 fully saturated rings. The van der Waals surface area contributed by atoms with Gasteiger partial charge in [0.2, 0.25) is 0 Å². The van der Waals surface area contributed by atoms with E-state index in [0.29, 0.717) is 18.2 Å². The molecule has 1 aliphatic carbocycles. The van der Waals surface area contributed by atoms with Crippen LogP contribution in [-0.2, 0) is 19.4 Å². The number of hydrogen-bond donors (Lipinski definition) is 1. The molecule has 4 nitrogen and oxygen atoms in total. The van der Waals surface area contributed by atoms with E-state index >= 15 is 0 Å². The fraction of sp³-hybridized carbons (Fsp3) is 0.667. The van der Waals surface area contributed by atoms with Gasteiger partial charge in [-0.3, -0.25) is 4.68 Å². The summed E-state index contributed by atoms with van der Waals surface area (Å²) in [7, 11) is 0. The lowest BCUT2D eigenvalue weighted by Crippen LogP contribution is -2.13. The molecule has 0 saturated carbocycles. The second kappa shape index (κ2) is 4.28. The average Bonchev–Trinajstić information content (AvgIpc) is 2.71. The largest absolute Gasteiger partial charge is 0.477 e. The lowest BCUT2D eigenvalue weighted by Gasteiger charge is -2.07. The molecule has 16 heavy (non-hydrogen) atoms. The number of aryl methyl sites for hydroxylation is 2. The molecule has 0 spiro atoms. The first-order chi connectivity index (χ1) is 7.59. The van der Waals surface area contributed by atoms with Crippen molar-refractivity contribution in [3.05, 3.63) is 17.0 Å². The van der Waals surface area contributed by atoms with Crippen LogP contribution in [0.3, 0.4) is 0 Å². The van der Waals surface area contributed by atoms with Crippen molar-refractivity contribution >= 4 is 5.97 Å². The number of aromatic carboxylic acids is 1. The highest BCUT2D eigenvalue weighted by Gasteiger charge is 2.25. The molecular formula is C12H18N2O2. The van der Waals surface area contributed by atoms with Crippen molar-refractivity contribution in [2.75, 3.05) is 0 Å². The number of nitrogens with zero attached hydrogens (tertiary/aromatic N) is 2. The quantitative estimate of drug-likeness (QED) is 0.849. The molecule has 4 heteroatoms. The molecule has 1 aromatic rings. The van der Waals surface area contributed by atoms with E-state index in [9.17, 15) is 9.90 Å². The lowest BCUT2D eigenvalue weighted by molar-refractivity contribution is 0.0681. The van der Waals surface area contributed by atoms with E-state index in [0.717, 1.165) is 36.9 Å². The standard InChI is InChI=1S/C12H18N2O2/c1-8(2)6-7-14-11(12(15)16)9-4-3-5-10(9)13-14/h8H,3-7H2,1-2H3,(H,15,16). The first-order valence-corrected chi connectivity index (χ1v) is 5.91. The van der Waals surface area contributed by atoms with Crippen molar-refractivity contribution in [2.45, 2.75) is 46.1 Å². The van der Waals surface area contributed by atoms with Crippen LogP contribution in [0.15, 0.2) is 0 Å².